The Balaban J connectivity index is 1.77. The molecule has 0 spiro atoms. The number of carbonyl (C=O) groups is 2. The van der Waals surface area contributed by atoms with E-state index in [0.29, 0.717) is 25.6 Å². The molecule has 0 bridgehead atoms. The normalized spacial score (nSPS) is 27.7. The third-order valence-electron chi connectivity index (χ3n) is 5.05. The molecule has 2 atom stereocenters. The third-order valence-corrected chi connectivity index (χ3v) is 5.05. The Bertz CT molecular complexity index is 380. The fourth-order valence-corrected chi connectivity index (χ4v) is 3.69. The van der Waals surface area contributed by atoms with Gasteiger partial charge in [-0.05, 0) is 24.7 Å². The van der Waals surface area contributed by atoms with E-state index in [0.717, 1.165) is 6.54 Å². The fraction of sp³-hybridized carbons (Fsp3) is 0.875. The molecule has 2 aliphatic rings. The van der Waals surface area contributed by atoms with Gasteiger partial charge in [-0.2, -0.15) is 0 Å². The summed E-state index contributed by atoms with van der Waals surface area (Å²) < 4.78 is 0. The van der Waals surface area contributed by atoms with Crippen molar-refractivity contribution in [2.75, 3.05) is 33.2 Å². The van der Waals surface area contributed by atoms with Gasteiger partial charge in [0.25, 0.3) is 0 Å². The Morgan fingerprint density at radius 3 is 2.43 bits per heavy atom. The van der Waals surface area contributed by atoms with Crippen molar-refractivity contribution in [3.05, 3.63) is 0 Å². The van der Waals surface area contributed by atoms with Crippen LogP contribution in [-0.4, -0.2) is 60.0 Å². The molecule has 2 fully saturated rings. The Hall–Kier alpha value is -1.10. The molecule has 5 nitrogen and oxygen atoms in total. The van der Waals surface area contributed by atoms with Crippen molar-refractivity contribution in [2.45, 2.75) is 39.0 Å². The monoisotopic (exact) mass is 296 g/mol. The number of likely N-dealkylation sites (N-methyl/N-ethyl adjacent to an activating group) is 1. The number of carboxylic acid groups (broad SMARTS) is 1. The maximum Gasteiger partial charge on any atom is 0.308 e. The van der Waals surface area contributed by atoms with Crippen LogP contribution in [-0.2, 0) is 9.59 Å². The van der Waals surface area contributed by atoms with Crippen molar-refractivity contribution < 1.29 is 14.7 Å². The van der Waals surface area contributed by atoms with E-state index in [2.05, 4.69) is 0 Å². The smallest absolute Gasteiger partial charge is 0.308 e. The summed E-state index contributed by atoms with van der Waals surface area (Å²) in [5.74, 6) is -0.177. The second-order valence-corrected chi connectivity index (χ2v) is 6.89. The molecular weight excluding hydrogens is 268 g/mol. The van der Waals surface area contributed by atoms with Crippen LogP contribution < -0.4 is 0 Å². The van der Waals surface area contributed by atoms with Crippen molar-refractivity contribution in [2.24, 2.45) is 17.8 Å². The minimum atomic E-state index is -0.743. The maximum absolute atomic E-state index is 12.3. The molecule has 5 heteroatoms. The molecule has 1 N–H and O–H groups in total. The number of carbonyl (C=O) groups excluding carboxylic acids is 1. The molecule has 0 unspecified atom stereocenters. The Kier molecular flexibility index (Phi) is 5.62. The van der Waals surface area contributed by atoms with Gasteiger partial charge >= 0.3 is 5.97 Å². The summed E-state index contributed by atoms with van der Waals surface area (Å²) in [6.07, 6.45) is 6.38. The fourth-order valence-electron chi connectivity index (χ4n) is 3.69. The van der Waals surface area contributed by atoms with Crippen LogP contribution in [0.1, 0.15) is 39.0 Å². The van der Waals surface area contributed by atoms with Gasteiger partial charge in [0, 0.05) is 26.7 Å². The maximum atomic E-state index is 12.3. The first-order chi connectivity index (χ1) is 9.97. The van der Waals surface area contributed by atoms with Crippen molar-refractivity contribution in [3.63, 3.8) is 0 Å². The van der Waals surface area contributed by atoms with E-state index in [1.807, 2.05) is 23.8 Å². The average Bonchev–Trinajstić information content (AvgIpc) is 2.80. The highest BCUT2D eigenvalue weighted by Crippen LogP contribution is 2.25. The minimum Gasteiger partial charge on any atom is -0.481 e. The zero-order valence-electron chi connectivity index (χ0n) is 13.3. The molecule has 0 aromatic rings. The standard InChI is InChI=1S/C16H28N2O3/c1-12-8-18(10-14(12)16(20)21)11-15(19)17(2)9-13-6-4-3-5-7-13/h12-14H,3-11H2,1-2H3,(H,20,21)/t12-,14-/m1/s1. The van der Waals surface area contributed by atoms with Gasteiger partial charge < -0.3 is 10.0 Å². The largest absolute Gasteiger partial charge is 0.481 e. The molecule has 1 saturated carbocycles. The van der Waals surface area contributed by atoms with Crippen LogP contribution in [0.25, 0.3) is 0 Å². The van der Waals surface area contributed by atoms with Crippen LogP contribution in [0.2, 0.25) is 0 Å². The lowest BCUT2D eigenvalue weighted by molar-refractivity contribution is -0.142. The average molecular weight is 296 g/mol. The van der Waals surface area contributed by atoms with Gasteiger partial charge in [-0.1, -0.05) is 26.2 Å². The zero-order chi connectivity index (χ0) is 15.4. The van der Waals surface area contributed by atoms with Crippen molar-refractivity contribution in [1.82, 2.24) is 9.80 Å². The highest BCUT2D eigenvalue weighted by atomic mass is 16.4. The minimum absolute atomic E-state index is 0.124. The first-order valence-electron chi connectivity index (χ1n) is 8.16. The first-order valence-corrected chi connectivity index (χ1v) is 8.16. The summed E-state index contributed by atoms with van der Waals surface area (Å²) in [4.78, 5) is 27.2. The van der Waals surface area contributed by atoms with Crippen molar-refractivity contribution in [3.8, 4) is 0 Å². The van der Waals surface area contributed by atoms with E-state index in [1.54, 1.807) is 0 Å². The molecule has 1 saturated heterocycles. The number of likely N-dealkylation sites (tertiary alicyclic amines) is 1. The molecular formula is C16H28N2O3. The SMILES string of the molecule is C[C@@H]1CN(CC(=O)N(C)CC2CCCCC2)C[C@H]1C(=O)O. The van der Waals surface area contributed by atoms with E-state index in [4.69, 9.17) is 5.11 Å². The second kappa shape index (κ2) is 7.25. The molecule has 1 aliphatic heterocycles. The van der Waals surface area contributed by atoms with E-state index >= 15 is 0 Å². The molecule has 1 heterocycles. The lowest BCUT2D eigenvalue weighted by Crippen LogP contribution is -2.40. The third kappa shape index (κ3) is 4.43. The molecule has 2 rings (SSSR count). The number of carboxylic acids is 1. The van der Waals surface area contributed by atoms with Crippen LogP contribution in [0, 0.1) is 17.8 Å². The number of hydrogen-bond donors (Lipinski definition) is 1. The molecule has 1 aliphatic carbocycles. The van der Waals surface area contributed by atoms with E-state index in [1.165, 1.54) is 32.1 Å². The van der Waals surface area contributed by atoms with Gasteiger partial charge in [0.05, 0.1) is 12.5 Å². The van der Waals surface area contributed by atoms with Gasteiger partial charge in [0.1, 0.15) is 0 Å². The van der Waals surface area contributed by atoms with Gasteiger partial charge in [-0.3, -0.25) is 14.5 Å². The second-order valence-electron chi connectivity index (χ2n) is 6.89. The first kappa shape index (κ1) is 16.3. The summed E-state index contributed by atoms with van der Waals surface area (Å²) in [5.41, 5.74) is 0. The van der Waals surface area contributed by atoms with Gasteiger partial charge in [0.15, 0.2) is 0 Å². The molecule has 0 aromatic heterocycles. The quantitative estimate of drug-likeness (QED) is 0.838. The van der Waals surface area contributed by atoms with E-state index in [-0.39, 0.29) is 17.7 Å². The topological polar surface area (TPSA) is 60.9 Å². The van der Waals surface area contributed by atoms with Crippen LogP contribution in [0.5, 0.6) is 0 Å². The van der Waals surface area contributed by atoms with Crippen LogP contribution in [0.3, 0.4) is 0 Å². The predicted octanol–water partition coefficient (Wildman–Crippen LogP) is 1.68. The number of nitrogens with zero attached hydrogens (tertiary/aromatic N) is 2. The summed E-state index contributed by atoms with van der Waals surface area (Å²) in [5, 5.41) is 9.14. The molecule has 21 heavy (non-hydrogen) atoms. The van der Waals surface area contributed by atoms with Crippen molar-refractivity contribution >= 4 is 11.9 Å². The highest BCUT2D eigenvalue weighted by Gasteiger charge is 2.35. The summed E-state index contributed by atoms with van der Waals surface area (Å²) in [6.45, 7) is 4.37. The number of rotatable bonds is 5. The van der Waals surface area contributed by atoms with E-state index < -0.39 is 5.97 Å². The Labute approximate surface area is 127 Å². The van der Waals surface area contributed by atoms with E-state index in [9.17, 15) is 9.59 Å². The zero-order valence-corrected chi connectivity index (χ0v) is 13.3. The van der Waals surface area contributed by atoms with Crippen molar-refractivity contribution in [1.29, 1.82) is 0 Å². The van der Waals surface area contributed by atoms with Crippen LogP contribution in [0.4, 0.5) is 0 Å². The number of amides is 1. The number of hydrogen-bond acceptors (Lipinski definition) is 3. The molecule has 120 valence electrons. The van der Waals surface area contributed by atoms with Gasteiger partial charge in [0.2, 0.25) is 5.91 Å². The lowest BCUT2D eigenvalue weighted by Gasteiger charge is -2.28. The lowest BCUT2D eigenvalue weighted by atomic mass is 9.89. The summed E-state index contributed by atoms with van der Waals surface area (Å²) in [6, 6.07) is 0. The van der Waals surface area contributed by atoms with Gasteiger partial charge in [-0.25, -0.2) is 0 Å². The number of aliphatic carboxylic acids is 1. The van der Waals surface area contributed by atoms with Gasteiger partial charge in [-0.15, -0.1) is 0 Å². The van der Waals surface area contributed by atoms with Crippen LogP contribution in [0.15, 0.2) is 0 Å². The molecule has 0 radical (unpaired) electrons. The Morgan fingerprint density at radius 2 is 1.86 bits per heavy atom. The molecule has 0 aromatic carbocycles. The summed E-state index contributed by atoms with van der Waals surface area (Å²) >= 11 is 0. The Morgan fingerprint density at radius 1 is 1.19 bits per heavy atom. The predicted molar refractivity (Wildman–Crippen MR) is 80.9 cm³/mol. The van der Waals surface area contributed by atoms with Crippen LogP contribution >= 0.6 is 0 Å². The summed E-state index contributed by atoms with van der Waals surface area (Å²) in [7, 11) is 1.88. The molecule has 1 amide bonds. The highest BCUT2D eigenvalue weighted by molar-refractivity contribution is 5.78.